The van der Waals surface area contributed by atoms with Crippen LogP contribution in [0.5, 0.6) is 0 Å². The molecule has 0 aromatic rings. The second kappa shape index (κ2) is 7.94. The van der Waals surface area contributed by atoms with Crippen LogP contribution in [0.4, 0.5) is 4.79 Å². The van der Waals surface area contributed by atoms with E-state index in [4.69, 9.17) is 14.6 Å². The number of aliphatic hydroxyl groups is 4. The van der Waals surface area contributed by atoms with Crippen LogP contribution in [0.1, 0.15) is 26.2 Å². The molecule has 0 radical (unpaired) electrons. The molecule has 12 nitrogen and oxygen atoms in total. The van der Waals surface area contributed by atoms with Crippen LogP contribution >= 0.6 is 0 Å². The number of carboxylic acids is 1. The van der Waals surface area contributed by atoms with Crippen molar-refractivity contribution in [1.29, 1.82) is 0 Å². The molecule has 0 aromatic heterocycles. The average molecular weight is 392 g/mol. The lowest BCUT2D eigenvalue weighted by molar-refractivity contribution is -0.536. The van der Waals surface area contributed by atoms with Gasteiger partial charge in [-0.25, -0.2) is 14.3 Å². The average Bonchev–Trinajstić information content (AvgIpc) is 2.93. The first-order valence-electron chi connectivity index (χ1n) is 8.37. The Morgan fingerprint density at radius 2 is 2.15 bits per heavy atom. The zero-order valence-corrected chi connectivity index (χ0v) is 14.6. The third-order valence-electron chi connectivity index (χ3n) is 4.74. The van der Waals surface area contributed by atoms with Crippen LogP contribution in [0, 0.1) is 5.21 Å². The summed E-state index contributed by atoms with van der Waals surface area (Å²) in [5.74, 6) is -4.57. The number of carbonyl (C=O) groups excluding carboxylic acids is 1. The number of ether oxygens (including phenoxy) is 2. The number of alkyl carbamates (subject to hydrolysis) is 1. The van der Waals surface area contributed by atoms with Crippen LogP contribution in [0.2, 0.25) is 0 Å². The normalized spacial score (nSPS) is 37.4. The van der Waals surface area contributed by atoms with Gasteiger partial charge in [-0.2, -0.15) is 0 Å². The van der Waals surface area contributed by atoms with E-state index in [1.54, 1.807) is 6.92 Å². The molecule has 6 atom stereocenters. The molecule has 27 heavy (non-hydrogen) atoms. The number of nitrogens with one attached hydrogen (secondary N) is 1. The molecule has 0 aliphatic carbocycles. The number of nitrogens with zero attached hydrogens (tertiary/aromatic N) is 1. The van der Waals surface area contributed by atoms with Crippen molar-refractivity contribution in [3.05, 3.63) is 5.21 Å². The predicted molar refractivity (Wildman–Crippen MR) is 86.8 cm³/mol. The minimum atomic E-state index is -2.78. The molecule has 2 aliphatic rings. The summed E-state index contributed by atoms with van der Waals surface area (Å²) in [5, 5.41) is 62.3. The van der Waals surface area contributed by atoms with Gasteiger partial charge >= 0.3 is 12.1 Å². The summed E-state index contributed by atoms with van der Waals surface area (Å²) >= 11 is 0. The van der Waals surface area contributed by atoms with E-state index >= 15 is 0 Å². The molecule has 0 bridgehead atoms. The Kier molecular flexibility index (Phi) is 6.27. The molecular formula is C15H24N2O10. The van der Waals surface area contributed by atoms with Crippen LogP contribution in [0.3, 0.4) is 0 Å². The van der Waals surface area contributed by atoms with Gasteiger partial charge in [-0.3, -0.25) is 0 Å². The maximum atomic E-state index is 11.7. The van der Waals surface area contributed by atoms with Gasteiger partial charge in [-0.05, 0) is 0 Å². The Morgan fingerprint density at radius 3 is 2.70 bits per heavy atom. The number of amides is 1. The minimum absolute atomic E-state index is 0.186. The van der Waals surface area contributed by atoms with Crippen molar-refractivity contribution >= 4 is 18.3 Å². The number of aliphatic carboxylic acids is 1. The summed E-state index contributed by atoms with van der Waals surface area (Å²) in [6.07, 6.45) is -5.88. The topological polar surface area (TPSA) is 192 Å². The van der Waals surface area contributed by atoms with E-state index in [2.05, 4.69) is 5.32 Å². The molecule has 2 aliphatic heterocycles. The molecule has 154 valence electrons. The zero-order chi connectivity index (χ0) is 20.4. The monoisotopic (exact) mass is 392 g/mol. The highest BCUT2D eigenvalue weighted by Crippen LogP contribution is 2.29. The Labute approximate surface area is 154 Å². The molecule has 12 heteroatoms. The van der Waals surface area contributed by atoms with Gasteiger partial charge in [-0.1, -0.05) is 0 Å². The molecule has 0 aromatic carbocycles. The Bertz CT molecular complexity index is 613. The fraction of sp³-hybridized carbons (Fsp3) is 0.800. The summed E-state index contributed by atoms with van der Waals surface area (Å²) in [5.41, 5.74) is -0.874. The summed E-state index contributed by atoms with van der Waals surface area (Å²) < 4.78 is 10.5. The summed E-state index contributed by atoms with van der Waals surface area (Å²) in [4.78, 5) is 22.8. The molecule has 2 heterocycles. The maximum absolute atomic E-state index is 11.7. The van der Waals surface area contributed by atoms with E-state index in [1.807, 2.05) is 0 Å². The highest BCUT2D eigenvalue weighted by atomic mass is 16.7. The second-order valence-corrected chi connectivity index (χ2v) is 7.00. The van der Waals surface area contributed by atoms with Crippen molar-refractivity contribution in [2.45, 2.75) is 61.9 Å². The molecule has 1 amide bonds. The number of hydrogen-bond donors (Lipinski definition) is 6. The van der Waals surface area contributed by atoms with Gasteiger partial charge in [0, 0.05) is 32.7 Å². The quantitative estimate of drug-likeness (QED) is 0.208. The number of carbonyl (C=O) groups is 2. The lowest BCUT2D eigenvalue weighted by atomic mass is 9.92. The minimum Gasteiger partial charge on any atom is -0.624 e. The first-order chi connectivity index (χ1) is 12.5. The van der Waals surface area contributed by atoms with E-state index in [0.29, 0.717) is 12.8 Å². The first-order valence-corrected chi connectivity index (χ1v) is 8.37. The number of rotatable bonds is 6. The van der Waals surface area contributed by atoms with Crippen LogP contribution < -0.4 is 5.32 Å². The highest BCUT2D eigenvalue weighted by Gasteiger charge is 2.52. The van der Waals surface area contributed by atoms with Crippen molar-refractivity contribution < 1.29 is 49.3 Å². The Morgan fingerprint density at radius 1 is 1.48 bits per heavy atom. The lowest BCUT2D eigenvalue weighted by Gasteiger charge is -2.41. The molecule has 3 unspecified atom stereocenters. The number of hydroxylamine groups is 1. The largest absolute Gasteiger partial charge is 0.624 e. The summed E-state index contributed by atoms with van der Waals surface area (Å²) in [7, 11) is 0. The highest BCUT2D eigenvalue weighted by molar-refractivity contribution is 5.75. The third kappa shape index (κ3) is 4.65. The van der Waals surface area contributed by atoms with Crippen molar-refractivity contribution in [3.8, 4) is 0 Å². The molecule has 1 saturated heterocycles. The standard InChI is InChI=1S/C15H24N2O10/c1-14(3-2-4-17(14)25)7-26-13(23)16-6-9(19)11-10(20)8(18)5-15(24,27-11)12(21)22/h4,8-11,18-20,24H,2-3,5-7H2,1H3,(H,16,23)(H,21,22)/t8-,9-,10-,11?,14?,15?/m1/s1. The molecule has 1 fully saturated rings. The van der Waals surface area contributed by atoms with E-state index in [0.717, 1.165) is 4.74 Å². The van der Waals surface area contributed by atoms with Crippen molar-refractivity contribution in [2.75, 3.05) is 13.2 Å². The van der Waals surface area contributed by atoms with Crippen LogP contribution in [-0.4, -0.2) is 97.4 Å². The lowest BCUT2D eigenvalue weighted by Crippen LogP contribution is -2.62. The van der Waals surface area contributed by atoms with Crippen LogP contribution in [0.15, 0.2) is 0 Å². The first kappa shape index (κ1) is 21.3. The van der Waals surface area contributed by atoms with Crippen LogP contribution in [-0.2, 0) is 14.3 Å². The molecule has 0 saturated carbocycles. The number of aliphatic hydroxyl groups excluding tert-OH is 3. The third-order valence-corrected chi connectivity index (χ3v) is 4.74. The Hall–Kier alpha value is -1.99. The molecule has 0 spiro atoms. The van der Waals surface area contributed by atoms with Gasteiger partial charge in [0.05, 0.1) is 6.10 Å². The summed E-state index contributed by atoms with van der Waals surface area (Å²) in [6.45, 7) is 0.924. The van der Waals surface area contributed by atoms with Crippen molar-refractivity contribution in [3.63, 3.8) is 0 Å². The SMILES string of the molecule is CC1(COC(=O)NC[C@@H](O)C2OC(O)(C(=O)O)C[C@@H](O)[C@H]2O)CCC=[N+]1[O-]. The van der Waals surface area contributed by atoms with Crippen molar-refractivity contribution in [2.24, 2.45) is 0 Å². The van der Waals surface area contributed by atoms with E-state index < -0.39 is 60.8 Å². The number of hydrogen-bond acceptors (Lipinski definition) is 9. The van der Waals surface area contributed by atoms with Gasteiger partial charge in [0.2, 0.25) is 5.54 Å². The zero-order valence-electron chi connectivity index (χ0n) is 14.6. The Balaban J connectivity index is 1.86. The second-order valence-electron chi connectivity index (χ2n) is 7.00. The van der Waals surface area contributed by atoms with Crippen molar-refractivity contribution in [1.82, 2.24) is 5.32 Å². The van der Waals surface area contributed by atoms with Gasteiger partial charge < -0.3 is 45.5 Å². The molecule has 2 rings (SSSR count). The number of carboxylic acid groups (broad SMARTS) is 1. The molecular weight excluding hydrogens is 368 g/mol. The van der Waals surface area contributed by atoms with Gasteiger partial charge in [0.15, 0.2) is 12.8 Å². The fourth-order valence-electron chi connectivity index (χ4n) is 2.95. The van der Waals surface area contributed by atoms with Gasteiger partial charge in [0.25, 0.3) is 5.79 Å². The summed E-state index contributed by atoms with van der Waals surface area (Å²) in [6, 6.07) is 0. The smallest absolute Gasteiger partial charge is 0.407 e. The predicted octanol–water partition coefficient (Wildman–Crippen LogP) is -2.51. The van der Waals surface area contributed by atoms with Gasteiger partial charge in [0.1, 0.15) is 18.3 Å². The fourth-order valence-corrected chi connectivity index (χ4v) is 2.95. The van der Waals surface area contributed by atoms with E-state index in [-0.39, 0.29) is 6.61 Å². The van der Waals surface area contributed by atoms with Crippen LogP contribution in [0.25, 0.3) is 0 Å². The molecule has 6 N–H and O–H groups in total. The van der Waals surface area contributed by atoms with E-state index in [9.17, 15) is 35.2 Å². The maximum Gasteiger partial charge on any atom is 0.407 e. The van der Waals surface area contributed by atoms with Gasteiger partial charge in [-0.15, -0.1) is 0 Å². The van der Waals surface area contributed by atoms with E-state index in [1.165, 1.54) is 6.21 Å².